The highest BCUT2D eigenvalue weighted by atomic mass is 79.9. The van der Waals surface area contributed by atoms with E-state index < -0.39 is 11.7 Å². The van der Waals surface area contributed by atoms with E-state index >= 15 is 0 Å². The first-order valence-electron chi connectivity index (χ1n) is 10.9. The molecule has 2 N–H and O–H groups in total. The fraction of sp³-hybridized carbons (Fsp3) is 0.440. The van der Waals surface area contributed by atoms with Gasteiger partial charge in [0.1, 0.15) is 17.1 Å². The zero-order chi connectivity index (χ0) is 24.4. The number of nitrogens with one attached hydrogen (secondary N) is 2. The second-order valence-corrected chi connectivity index (χ2v) is 9.30. The average Bonchev–Trinajstić information content (AvgIpc) is 2.76. The highest BCUT2D eigenvalue weighted by molar-refractivity contribution is 9.09. The number of hydrogen-bond acceptors (Lipinski definition) is 5. The number of alkyl halides is 1. The second kappa shape index (κ2) is 12.5. The van der Waals surface area contributed by atoms with Gasteiger partial charge < -0.3 is 19.5 Å². The molecule has 180 valence electrons. The molecule has 0 aliphatic heterocycles. The van der Waals surface area contributed by atoms with Gasteiger partial charge in [0.25, 0.3) is 0 Å². The molecule has 7 nitrogen and oxygen atoms in total. The number of unbranched alkanes of at least 4 members (excludes halogenated alkanes) is 2. The molecule has 2 aromatic rings. The van der Waals surface area contributed by atoms with Gasteiger partial charge in [-0.15, -0.1) is 0 Å². The maximum atomic E-state index is 12.3. The van der Waals surface area contributed by atoms with E-state index in [1.807, 2.05) is 30.3 Å². The van der Waals surface area contributed by atoms with Crippen LogP contribution in [0.25, 0.3) is 11.1 Å². The van der Waals surface area contributed by atoms with Crippen LogP contribution in [0.4, 0.5) is 16.2 Å². The summed E-state index contributed by atoms with van der Waals surface area (Å²) in [6, 6.07) is 11.0. The normalized spacial score (nSPS) is 11.0. The minimum Gasteiger partial charge on any atom is -0.495 e. The summed E-state index contributed by atoms with van der Waals surface area (Å²) in [6.45, 7) is 5.41. The number of anilines is 2. The SMILES string of the molecule is COc1cc(-c2ccc(NC(=O)OC(C)(C)C)c(OC)c2)ccc1NC(=O)CCCCCBr. The summed E-state index contributed by atoms with van der Waals surface area (Å²) in [4.78, 5) is 24.4. The van der Waals surface area contributed by atoms with Gasteiger partial charge in [0.05, 0.1) is 25.6 Å². The third-order valence-electron chi connectivity index (χ3n) is 4.68. The molecule has 0 bridgehead atoms. The molecular weight excluding hydrogens is 488 g/mol. The van der Waals surface area contributed by atoms with Crippen molar-refractivity contribution < 1.29 is 23.8 Å². The van der Waals surface area contributed by atoms with Gasteiger partial charge in [-0.1, -0.05) is 34.5 Å². The van der Waals surface area contributed by atoms with E-state index in [0.29, 0.717) is 29.3 Å². The largest absolute Gasteiger partial charge is 0.495 e. The molecule has 0 saturated carbocycles. The lowest BCUT2D eigenvalue weighted by molar-refractivity contribution is -0.116. The number of benzene rings is 2. The minimum atomic E-state index is -0.599. The number of halogens is 1. The molecule has 0 radical (unpaired) electrons. The Balaban J connectivity index is 2.16. The summed E-state index contributed by atoms with van der Waals surface area (Å²) < 4.78 is 16.3. The van der Waals surface area contributed by atoms with Crippen LogP contribution in [0.5, 0.6) is 11.5 Å². The Morgan fingerprint density at radius 3 is 1.88 bits per heavy atom. The van der Waals surface area contributed by atoms with Crippen molar-refractivity contribution in [3.63, 3.8) is 0 Å². The van der Waals surface area contributed by atoms with Crippen molar-refractivity contribution in [2.45, 2.75) is 52.1 Å². The van der Waals surface area contributed by atoms with Gasteiger partial charge in [-0.25, -0.2) is 4.79 Å². The Kier molecular flexibility index (Phi) is 10.0. The Labute approximate surface area is 204 Å². The summed E-state index contributed by atoms with van der Waals surface area (Å²) >= 11 is 3.40. The topological polar surface area (TPSA) is 85.9 Å². The molecule has 0 heterocycles. The van der Waals surface area contributed by atoms with Gasteiger partial charge in [-0.3, -0.25) is 10.1 Å². The predicted molar refractivity (Wildman–Crippen MR) is 136 cm³/mol. The lowest BCUT2D eigenvalue weighted by atomic mass is 10.0. The van der Waals surface area contributed by atoms with E-state index in [1.165, 1.54) is 7.11 Å². The first kappa shape index (κ1) is 26.5. The number of ether oxygens (including phenoxy) is 3. The first-order chi connectivity index (χ1) is 15.7. The van der Waals surface area contributed by atoms with Crippen molar-refractivity contribution in [2.75, 3.05) is 30.2 Å². The average molecular weight is 521 g/mol. The molecule has 2 rings (SSSR count). The predicted octanol–water partition coefficient (Wildman–Crippen LogP) is 6.61. The van der Waals surface area contributed by atoms with Gasteiger partial charge in [-0.2, -0.15) is 0 Å². The van der Waals surface area contributed by atoms with Crippen molar-refractivity contribution in [2.24, 2.45) is 0 Å². The van der Waals surface area contributed by atoms with Crippen LogP contribution in [0, 0.1) is 0 Å². The first-order valence-corrected chi connectivity index (χ1v) is 12.0. The van der Waals surface area contributed by atoms with Crippen LogP contribution < -0.4 is 20.1 Å². The zero-order valence-electron chi connectivity index (χ0n) is 19.9. The van der Waals surface area contributed by atoms with Gasteiger partial charge >= 0.3 is 6.09 Å². The highest BCUT2D eigenvalue weighted by Crippen LogP contribution is 2.35. The van der Waals surface area contributed by atoms with E-state index in [1.54, 1.807) is 33.9 Å². The summed E-state index contributed by atoms with van der Waals surface area (Å²) in [6.07, 6.45) is 2.83. The Hall–Kier alpha value is -2.74. The molecule has 0 aliphatic rings. The monoisotopic (exact) mass is 520 g/mol. The number of rotatable bonds is 10. The maximum absolute atomic E-state index is 12.3. The molecule has 33 heavy (non-hydrogen) atoms. The summed E-state index contributed by atoms with van der Waals surface area (Å²) in [5, 5.41) is 6.59. The van der Waals surface area contributed by atoms with Crippen LogP contribution in [-0.4, -0.2) is 37.2 Å². The van der Waals surface area contributed by atoms with Crippen LogP contribution in [0.3, 0.4) is 0 Å². The third kappa shape index (κ3) is 8.61. The maximum Gasteiger partial charge on any atom is 0.412 e. The van der Waals surface area contributed by atoms with Crippen molar-refractivity contribution in [3.05, 3.63) is 36.4 Å². The van der Waals surface area contributed by atoms with Gasteiger partial charge in [0, 0.05) is 11.8 Å². The van der Waals surface area contributed by atoms with Crippen LogP contribution >= 0.6 is 15.9 Å². The van der Waals surface area contributed by atoms with E-state index in [2.05, 4.69) is 26.6 Å². The molecular formula is C25H33BrN2O5. The van der Waals surface area contributed by atoms with Crippen molar-refractivity contribution in [1.82, 2.24) is 0 Å². The lowest BCUT2D eigenvalue weighted by Gasteiger charge is -2.20. The van der Waals surface area contributed by atoms with Crippen LogP contribution in [0.15, 0.2) is 36.4 Å². The minimum absolute atomic E-state index is 0.0325. The summed E-state index contributed by atoms with van der Waals surface area (Å²) in [7, 11) is 3.11. The van der Waals surface area contributed by atoms with Crippen molar-refractivity contribution >= 4 is 39.3 Å². The summed E-state index contributed by atoms with van der Waals surface area (Å²) in [5.41, 5.74) is 2.28. The number of hydrogen-bond donors (Lipinski definition) is 2. The molecule has 8 heteroatoms. The van der Waals surface area contributed by atoms with Crippen LogP contribution in [0.1, 0.15) is 46.5 Å². The molecule has 0 spiro atoms. The van der Waals surface area contributed by atoms with Crippen molar-refractivity contribution in [3.8, 4) is 22.6 Å². The van der Waals surface area contributed by atoms with Gasteiger partial charge in [-0.05, 0) is 69.0 Å². The molecule has 0 aliphatic carbocycles. The number of methoxy groups -OCH3 is 2. The van der Waals surface area contributed by atoms with E-state index in [9.17, 15) is 9.59 Å². The van der Waals surface area contributed by atoms with Gasteiger partial charge in [0.2, 0.25) is 5.91 Å². The van der Waals surface area contributed by atoms with Crippen LogP contribution in [0.2, 0.25) is 0 Å². The van der Waals surface area contributed by atoms with E-state index in [0.717, 1.165) is 35.7 Å². The molecule has 2 aromatic carbocycles. The zero-order valence-corrected chi connectivity index (χ0v) is 21.5. The quantitative estimate of drug-likeness (QED) is 0.271. The van der Waals surface area contributed by atoms with Gasteiger partial charge in [0.15, 0.2) is 0 Å². The number of carbonyl (C=O) groups excluding carboxylic acids is 2. The fourth-order valence-electron chi connectivity index (χ4n) is 3.13. The highest BCUT2D eigenvalue weighted by Gasteiger charge is 2.18. The Bertz CT molecular complexity index is 956. The third-order valence-corrected chi connectivity index (χ3v) is 5.24. The van der Waals surface area contributed by atoms with E-state index in [4.69, 9.17) is 14.2 Å². The van der Waals surface area contributed by atoms with Crippen molar-refractivity contribution in [1.29, 1.82) is 0 Å². The molecule has 0 atom stereocenters. The molecule has 0 fully saturated rings. The second-order valence-electron chi connectivity index (χ2n) is 8.50. The fourth-order valence-corrected chi connectivity index (χ4v) is 3.53. The smallest absolute Gasteiger partial charge is 0.412 e. The van der Waals surface area contributed by atoms with E-state index in [-0.39, 0.29) is 5.91 Å². The molecule has 0 aromatic heterocycles. The number of amides is 2. The number of carbonyl (C=O) groups is 2. The summed E-state index contributed by atoms with van der Waals surface area (Å²) in [5.74, 6) is 1.03. The molecule has 2 amide bonds. The Morgan fingerprint density at radius 2 is 1.39 bits per heavy atom. The standard InChI is InChI=1S/C25H33BrN2O5/c1-25(2,3)33-24(30)28-20-13-11-18(16-22(20)32-5)17-10-12-19(21(15-17)31-4)27-23(29)9-7-6-8-14-26/h10-13,15-16H,6-9,14H2,1-5H3,(H,27,29)(H,28,30). The Morgan fingerprint density at radius 1 is 0.848 bits per heavy atom. The molecule has 0 unspecified atom stereocenters. The lowest BCUT2D eigenvalue weighted by Crippen LogP contribution is -2.27. The van der Waals surface area contributed by atoms with Crippen LogP contribution in [-0.2, 0) is 9.53 Å². The molecule has 0 saturated heterocycles.